The number of carbonyl (C=O) groups excluding carboxylic acids is 1. The summed E-state index contributed by atoms with van der Waals surface area (Å²) in [6, 6.07) is 6.09. The quantitative estimate of drug-likeness (QED) is 0.840. The van der Waals surface area contributed by atoms with E-state index in [-0.39, 0.29) is 30.7 Å². The molecule has 0 spiro atoms. The first-order valence-corrected chi connectivity index (χ1v) is 6.68. The Morgan fingerprint density at radius 2 is 2.30 bits per heavy atom. The van der Waals surface area contributed by atoms with E-state index in [1.807, 2.05) is 0 Å². The molecule has 1 heterocycles. The van der Waals surface area contributed by atoms with Gasteiger partial charge < -0.3 is 15.2 Å². The van der Waals surface area contributed by atoms with Crippen molar-refractivity contribution < 1.29 is 19.0 Å². The number of nitrogens with zero attached hydrogens (tertiary/aromatic N) is 1. The summed E-state index contributed by atoms with van der Waals surface area (Å²) >= 11 is 0. The first kappa shape index (κ1) is 14.9. The van der Waals surface area contributed by atoms with Crippen LogP contribution in [0.5, 0.6) is 0 Å². The Morgan fingerprint density at radius 3 is 3.05 bits per heavy atom. The van der Waals surface area contributed by atoms with Crippen molar-refractivity contribution >= 4 is 11.6 Å². The largest absolute Gasteiger partial charge is 0.394 e. The van der Waals surface area contributed by atoms with Crippen molar-refractivity contribution in [3.63, 3.8) is 0 Å². The highest BCUT2D eigenvalue weighted by Gasteiger charge is 2.20. The average molecular weight is 282 g/mol. The minimum Gasteiger partial charge on any atom is -0.394 e. The maximum atomic E-state index is 13.4. The maximum absolute atomic E-state index is 13.4. The molecular weight excluding hydrogens is 263 g/mol. The molecule has 0 aliphatic carbocycles. The smallest absolute Gasteiger partial charge is 0.225 e. The van der Waals surface area contributed by atoms with Gasteiger partial charge in [0.1, 0.15) is 5.82 Å². The Kier molecular flexibility index (Phi) is 5.46. The molecule has 1 atom stereocenters. The van der Waals surface area contributed by atoms with Crippen LogP contribution >= 0.6 is 0 Å². The van der Waals surface area contributed by atoms with E-state index in [2.05, 4.69) is 10.2 Å². The number of para-hydroxylation sites is 1. The summed E-state index contributed by atoms with van der Waals surface area (Å²) in [6.45, 7) is 2.46. The number of hydrogen-bond donors (Lipinski definition) is 2. The zero-order chi connectivity index (χ0) is 14.4. The summed E-state index contributed by atoms with van der Waals surface area (Å²) in [5.74, 6) is -0.658. The topological polar surface area (TPSA) is 61.8 Å². The predicted octanol–water partition coefficient (Wildman–Crippen LogP) is 0.847. The van der Waals surface area contributed by atoms with Gasteiger partial charge in [0.15, 0.2) is 0 Å². The Labute approximate surface area is 117 Å². The first-order chi connectivity index (χ1) is 9.69. The van der Waals surface area contributed by atoms with Gasteiger partial charge in [-0.05, 0) is 12.1 Å². The molecule has 1 unspecified atom stereocenters. The van der Waals surface area contributed by atoms with Crippen molar-refractivity contribution in [1.29, 1.82) is 0 Å². The van der Waals surface area contributed by atoms with E-state index in [0.29, 0.717) is 19.7 Å². The van der Waals surface area contributed by atoms with Gasteiger partial charge in [-0.2, -0.15) is 0 Å². The van der Waals surface area contributed by atoms with Crippen LogP contribution in [0, 0.1) is 5.82 Å². The Morgan fingerprint density at radius 1 is 1.50 bits per heavy atom. The fourth-order valence-electron chi connectivity index (χ4n) is 2.13. The number of aliphatic hydroxyl groups excluding tert-OH is 1. The van der Waals surface area contributed by atoms with Gasteiger partial charge in [-0.25, -0.2) is 4.39 Å². The van der Waals surface area contributed by atoms with Crippen molar-refractivity contribution in [2.24, 2.45) is 0 Å². The standard InChI is InChI=1S/C14H19FN2O3/c15-12-3-1-2-4-13(12)16-14(19)5-6-17-7-8-20-11(9-17)10-18/h1-4,11,18H,5-10H2,(H,16,19). The molecule has 110 valence electrons. The highest BCUT2D eigenvalue weighted by Crippen LogP contribution is 2.13. The number of halogens is 1. The number of hydrogen-bond acceptors (Lipinski definition) is 4. The lowest BCUT2D eigenvalue weighted by Crippen LogP contribution is -2.44. The zero-order valence-corrected chi connectivity index (χ0v) is 11.2. The molecule has 1 aliphatic heterocycles. The monoisotopic (exact) mass is 282 g/mol. The maximum Gasteiger partial charge on any atom is 0.225 e. The minimum absolute atomic E-state index is 0.0159. The van der Waals surface area contributed by atoms with Gasteiger partial charge >= 0.3 is 0 Å². The number of carbonyl (C=O) groups is 1. The van der Waals surface area contributed by atoms with Crippen molar-refractivity contribution in [3.05, 3.63) is 30.1 Å². The molecule has 1 aromatic rings. The lowest BCUT2D eigenvalue weighted by atomic mass is 10.2. The molecule has 2 rings (SSSR count). The SMILES string of the molecule is O=C(CCN1CCOC(CO)C1)Nc1ccccc1F. The molecule has 1 aromatic carbocycles. The Bertz CT molecular complexity index is 456. The number of aliphatic hydroxyl groups is 1. The van der Waals surface area contributed by atoms with Crippen LogP contribution in [0.2, 0.25) is 0 Å². The molecule has 2 N–H and O–H groups in total. The third-order valence-electron chi connectivity index (χ3n) is 3.23. The number of morpholine rings is 1. The third-order valence-corrected chi connectivity index (χ3v) is 3.23. The second-order valence-corrected chi connectivity index (χ2v) is 4.75. The molecule has 1 amide bonds. The molecule has 1 fully saturated rings. The van der Waals surface area contributed by atoms with E-state index in [0.717, 1.165) is 6.54 Å². The summed E-state index contributed by atoms with van der Waals surface area (Å²) in [4.78, 5) is 13.8. The van der Waals surface area contributed by atoms with Crippen LogP contribution in [0.4, 0.5) is 10.1 Å². The second kappa shape index (κ2) is 7.33. The van der Waals surface area contributed by atoms with Gasteiger partial charge in [0.05, 0.1) is 25.0 Å². The van der Waals surface area contributed by atoms with Crippen LogP contribution in [-0.2, 0) is 9.53 Å². The molecular formula is C14H19FN2O3. The van der Waals surface area contributed by atoms with Crippen molar-refractivity contribution in [2.45, 2.75) is 12.5 Å². The minimum atomic E-state index is -0.437. The number of benzene rings is 1. The zero-order valence-electron chi connectivity index (χ0n) is 11.2. The van der Waals surface area contributed by atoms with E-state index in [9.17, 15) is 9.18 Å². The average Bonchev–Trinajstić information content (AvgIpc) is 2.48. The highest BCUT2D eigenvalue weighted by atomic mass is 19.1. The van der Waals surface area contributed by atoms with Crippen LogP contribution in [-0.4, -0.2) is 54.9 Å². The van der Waals surface area contributed by atoms with Crippen molar-refractivity contribution in [2.75, 3.05) is 38.2 Å². The summed E-state index contributed by atoms with van der Waals surface area (Å²) in [7, 11) is 0. The van der Waals surface area contributed by atoms with Gasteiger partial charge in [-0.15, -0.1) is 0 Å². The van der Waals surface area contributed by atoms with Crippen LogP contribution in [0.25, 0.3) is 0 Å². The Balaban J connectivity index is 1.76. The fourth-order valence-corrected chi connectivity index (χ4v) is 2.13. The van der Waals surface area contributed by atoms with Crippen LogP contribution < -0.4 is 5.32 Å². The number of rotatable bonds is 5. The molecule has 1 saturated heterocycles. The van der Waals surface area contributed by atoms with Crippen molar-refractivity contribution in [1.82, 2.24) is 4.90 Å². The van der Waals surface area contributed by atoms with Gasteiger partial charge in [-0.1, -0.05) is 12.1 Å². The van der Waals surface area contributed by atoms with E-state index in [4.69, 9.17) is 9.84 Å². The molecule has 0 radical (unpaired) electrons. The van der Waals surface area contributed by atoms with Gasteiger partial charge in [-0.3, -0.25) is 9.69 Å². The van der Waals surface area contributed by atoms with Gasteiger partial charge in [0, 0.05) is 26.1 Å². The van der Waals surface area contributed by atoms with Crippen LogP contribution in [0.1, 0.15) is 6.42 Å². The van der Waals surface area contributed by atoms with Gasteiger partial charge in [0.2, 0.25) is 5.91 Å². The fraction of sp³-hybridized carbons (Fsp3) is 0.500. The third kappa shape index (κ3) is 4.26. The molecule has 20 heavy (non-hydrogen) atoms. The second-order valence-electron chi connectivity index (χ2n) is 4.75. The number of amides is 1. The number of anilines is 1. The molecule has 0 saturated carbocycles. The van der Waals surface area contributed by atoms with Crippen LogP contribution in [0.3, 0.4) is 0 Å². The molecule has 0 aromatic heterocycles. The predicted molar refractivity (Wildman–Crippen MR) is 72.9 cm³/mol. The number of ether oxygens (including phenoxy) is 1. The van der Waals surface area contributed by atoms with E-state index < -0.39 is 5.82 Å². The van der Waals surface area contributed by atoms with Crippen LogP contribution in [0.15, 0.2) is 24.3 Å². The Hall–Kier alpha value is -1.50. The van der Waals surface area contributed by atoms with Gasteiger partial charge in [0.25, 0.3) is 0 Å². The summed E-state index contributed by atoms with van der Waals surface area (Å²) < 4.78 is 18.7. The molecule has 1 aliphatic rings. The summed E-state index contributed by atoms with van der Waals surface area (Å²) in [6.07, 6.45) is 0.102. The lowest BCUT2D eigenvalue weighted by molar-refractivity contribution is -0.117. The van der Waals surface area contributed by atoms with E-state index in [1.54, 1.807) is 12.1 Å². The lowest BCUT2D eigenvalue weighted by Gasteiger charge is -2.31. The summed E-state index contributed by atoms with van der Waals surface area (Å²) in [5, 5.41) is 11.6. The van der Waals surface area contributed by atoms with Crippen molar-refractivity contribution in [3.8, 4) is 0 Å². The first-order valence-electron chi connectivity index (χ1n) is 6.68. The summed E-state index contributed by atoms with van der Waals surface area (Å²) in [5.41, 5.74) is 0.202. The molecule has 5 nitrogen and oxygen atoms in total. The van der Waals surface area contributed by atoms with E-state index in [1.165, 1.54) is 12.1 Å². The van der Waals surface area contributed by atoms with E-state index >= 15 is 0 Å². The highest BCUT2D eigenvalue weighted by molar-refractivity contribution is 5.90. The molecule has 6 heteroatoms. The number of nitrogens with one attached hydrogen (secondary N) is 1. The molecule has 0 bridgehead atoms. The normalized spacial score (nSPS) is 19.8.